The molecule has 0 aliphatic carbocycles. The molecular weight excluding hydrogens is 276 g/mol. The molecule has 1 rings (SSSR count). The number of rotatable bonds is 7. The zero-order valence-corrected chi connectivity index (χ0v) is 11.9. The normalized spacial score (nSPS) is 11.3. The molecule has 2 amide bonds. The van der Waals surface area contributed by atoms with Gasteiger partial charge in [0.25, 0.3) is 0 Å². The molecule has 0 unspecified atom stereocenters. The van der Waals surface area contributed by atoms with Gasteiger partial charge in [0.05, 0.1) is 13.0 Å². The summed E-state index contributed by atoms with van der Waals surface area (Å²) in [6.45, 7) is 3.62. The summed E-state index contributed by atoms with van der Waals surface area (Å²) in [4.78, 5) is 33.7. The average molecular weight is 294 g/mol. The Kier molecular flexibility index (Phi) is 6.19. The molecule has 7 nitrogen and oxygen atoms in total. The third-order valence-corrected chi connectivity index (χ3v) is 2.51. The van der Waals surface area contributed by atoms with Gasteiger partial charge in [-0.25, -0.2) is 0 Å². The van der Waals surface area contributed by atoms with Gasteiger partial charge in [-0.05, 0) is 31.2 Å². The summed E-state index contributed by atoms with van der Waals surface area (Å²) in [6.07, 6.45) is -0.484. The number of benzene rings is 1. The lowest BCUT2D eigenvalue weighted by atomic mass is 10.2. The summed E-state index contributed by atoms with van der Waals surface area (Å²) >= 11 is 0. The lowest BCUT2D eigenvalue weighted by Gasteiger charge is -2.16. The molecule has 3 N–H and O–H groups in total. The number of carbonyl (C=O) groups excluding carboxylic acids is 2. The summed E-state index contributed by atoms with van der Waals surface area (Å²) in [5, 5.41) is 13.6. The lowest BCUT2D eigenvalue weighted by Crippen LogP contribution is -2.44. The Balaban J connectivity index is 2.71. The number of nitrogens with one attached hydrogen (secondary N) is 2. The fraction of sp³-hybridized carbons (Fsp3) is 0.357. The Morgan fingerprint density at radius 3 is 2.33 bits per heavy atom. The molecule has 21 heavy (non-hydrogen) atoms. The van der Waals surface area contributed by atoms with Gasteiger partial charge in [-0.1, -0.05) is 0 Å². The molecule has 0 saturated carbocycles. The van der Waals surface area contributed by atoms with E-state index < -0.39 is 30.2 Å². The highest BCUT2D eigenvalue weighted by Crippen LogP contribution is 2.16. The van der Waals surface area contributed by atoms with Crippen molar-refractivity contribution in [2.45, 2.75) is 26.3 Å². The summed E-state index contributed by atoms with van der Waals surface area (Å²) < 4.78 is 5.27. The van der Waals surface area contributed by atoms with Crippen LogP contribution in [0.15, 0.2) is 24.3 Å². The van der Waals surface area contributed by atoms with Gasteiger partial charge in [0, 0.05) is 12.6 Å². The van der Waals surface area contributed by atoms with Crippen LogP contribution >= 0.6 is 0 Å². The monoisotopic (exact) mass is 294 g/mol. The molecular formula is C14H18N2O5. The van der Waals surface area contributed by atoms with E-state index in [1.54, 1.807) is 24.3 Å². The van der Waals surface area contributed by atoms with Crippen molar-refractivity contribution in [3.63, 3.8) is 0 Å². The van der Waals surface area contributed by atoms with E-state index in [0.717, 1.165) is 0 Å². The first kappa shape index (κ1) is 16.5. The van der Waals surface area contributed by atoms with Crippen molar-refractivity contribution < 1.29 is 24.2 Å². The quantitative estimate of drug-likeness (QED) is 0.696. The van der Waals surface area contributed by atoms with E-state index in [-0.39, 0.29) is 0 Å². The average Bonchev–Trinajstić information content (AvgIpc) is 2.39. The minimum Gasteiger partial charge on any atom is -0.494 e. The van der Waals surface area contributed by atoms with Crippen LogP contribution in [0.5, 0.6) is 5.75 Å². The molecule has 1 aromatic rings. The van der Waals surface area contributed by atoms with Crippen molar-refractivity contribution in [2.24, 2.45) is 0 Å². The van der Waals surface area contributed by atoms with Crippen LogP contribution in [-0.2, 0) is 14.4 Å². The number of anilines is 1. The van der Waals surface area contributed by atoms with E-state index >= 15 is 0 Å². The first-order chi connectivity index (χ1) is 9.92. The molecule has 1 aromatic carbocycles. The van der Waals surface area contributed by atoms with Gasteiger partial charge >= 0.3 is 5.97 Å². The van der Waals surface area contributed by atoms with E-state index in [1.807, 2.05) is 6.92 Å². The number of ether oxygens (including phenoxy) is 1. The van der Waals surface area contributed by atoms with Crippen LogP contribution in [0.25, 0.3) is 0 Å². The van der Waals surface area contributed by atoms with E-state index in [4.69, 9.17) is 9.84 Å². The summed E-state index contributed by atoms with van der Waals surface area (Å²) in [5.41, 5.74) is 0.490. The Morgan fingerprint density at radius 1 is 1.24 bits per heavy atom. The summed E-state index contributed by atoms with van der Waals surface area (Å²) in [5.74, 6) is -1.56. The number of hydrogen-bond donors (Lipinski definition) is 3. The van der Waals surface area contributed by atoms with Gasteiger partial charge < -0.3 is 20.5 Å². The number of amides is 2. The predicted molar refractivity (Wildman–Crippen MR) is 76.1 cm³/mol. The number of carbonyl (C=O) groups is 3. The van der Waals surface area contributed by atoms with Crippen molar-refractivity contribution in [1.82, 2.24) is 5.32 Å². The van der Waals surface area contributed by atoms with Crippen LogP contribution in [0.2, 0.25) is 0 Å². The van der Waals surface area contributed by atoms with E-state index in [0.29, 0.717) is 18.0 Å². The van der Waals surface area contributed by atoms with Gasteiger partial charge in [0.1, 0.15) is 11.8 Å². The smallest absolute Gasteiger partial charge is 0.305 e. The van der Waals surface area contributed by atoms with Crippen LogP contribution in [0.1, 0.15) is 20.3 Å². The Morgan fingerprint density at radius 2 is 1.86 bits per heavy atom. The van der Waals surface area contributed by atoms with Gasteiger partial charge in [-0.3, -0.25) is 14.4 Å². The van der Waals surface area contributed by atoms with Crippen LogP contribution in [0.4, 0.5) is 5.69 Å². The SMILES string of the molecule is CCOc1ccc(NC(=O)[C@H](CC(=O)O)NC(C)=O)cc1. The van der Waals surface area contributed by atoms with Crippen molar-refractivity contribution >= 4 is 23.5 Å². The van der Waals surface area contributed by atoms with Crippen molar-refractivity contribution in [2.75, 3.05) is 11.9 Å². The molecule has 0 aliphatic rings. The minimum atomic E-state index is -1.17. The molecule has 1 atom stereocenters. The second kappa shape index (κ2) is 7.88. The number of carboxylic acid groups (broad SMARTS) is 1. The lowest BCUT2D eigenvalue weighted by molar-refractivity contribution is -0.139. The van der Waals surface area contributed by atoms with Gasteiger partial charge in [0.2, 0.25) is 11.8 Å². The second-order valence-corrected chi connectivity index (χ2v) is 4.30. The van der Waals surface area contributed by atoms with E-state index in [9.17, 15) is 14.4 Å². The van der Waals surface area contributed by atoms with Gasteiger partial charge in [-0.2, -0.15) is 0 Å². The highest BCUT2D eigenvalue weighted by molar-refractivity contribution is 5.98. The Bertz CT molecular complexity index is 497. The van der Waals surface area contributed by atoms with Crippen LogP contribution in [0.3, 0.4) is 0 Å². The maximum Gasteiger partial charge on any atom is 0.305 e. The molecule has 0 bridgehead atoms. The highest BCUT2D eigenvalue weighted by Gasteiger charge is 2.22. The zero-order chi connectivity index (χ0) is 15.8. The third kappa shape index (κ3) is 5.94. The van der Waals surface area contributed by atoms with E-state index in [2.05, 4.69) is 10.6 Å². The minimum absolute atomic E-state index is 0.469. The van der Waals surface area contributed by atoms with Crippen molar-refractivity contribution in [3.05, 3.63) is 24.3 Å². The molecule has 0 aromatic heterocycles. The molecule has 0 heterocycles. The fourth-order valence-corrected chi connectivity index (χ4v) is 1.66. The van der Waals surface area contributed by atoms with Gasteiger partial charge in [-0.15, -0.1) is 0 Å². The largest absolute Gasteiger partial charge is 0.494 e. The van der Waals surface area contributed by atoms with Crippen LogP contribution in [-0.4, -0.2) is 35.5 Å². The van der Waals surface area contributed by atoms with Crippen LogP contribution < -0.4 is 15.4 Å². The first-order valence-corrected chi connectivity index (χ1v) is 6.45. The van der Waals surface area contributed by atoms with Gasteiger partial charge in [0.15, 0.2) is 0 Å². The molecule has 0 spiro atoms. The maximum absolute atomic E-state index is 12.0. The Hall–Kier alpha value is -2.57. The zero-order valence-electron chi connectivity index (χ0n) is 11.9. The number of aliphatic carboxylic acids is 1. The summed E-state index contributed by atoms with van der Waals surface area (Å²) in [6, 6.07) is 5.52. The highest BCUT2D eigenvalue weighted by atomic mass is 16.5. The van der Waals surface area contributed by atoms with Crippen LogP contribution in [0, 0.1) is 0 Å². The maximum atomic E-state index is 12.0. The molecule has 114 valence electrons. The fourth-order valence-electron chi connectivity index (χ4n) is 1.66. The molecule has 0 saturated heterocycles. The summed E-state index contributed by atoms with van der Waals surface area (Å²) in [7, 11) is 0. The molecule has 0 fully saturated rings. The molecule has 0 radical (unpaired) electrons. The molecule has 7 heteroatoms. The third-order valence-electron chi connectivity index (χ3n) is 2.51. The second-order valence-electron chi connectivity index (χ2n) is 4.30. The topological polar surface area (TPSA) is 105 Å². The van der Waals surface area contributed by atoms with Crippen molar-refractivity contribution in [1.29, 1.82) is 0 Å². The van der Waals surface area contributed by atoms with Crippen molar-refractivity contribution in [3.8, 4) is 5.75 Å². The molecule has 0 aliphatic heterocycles. The standard InChI is InChI=1S/C14H18N2O5/c1-3-21-11-6-4-10(5-7-11)16-14(20)12(8-13(18)19)15-9(2)17/h4-7,12H,3,8H2,1-2H3,(H,15,17)(H,16,20)(H,18,19)/t12-/m0/s1. The Labute approximate surface area is 122 Å². The number of carboxylic acids is 1. The number of hydrogen-bond acceptors (Lipinski definition) is 4. The first-order valence-electron chi connectivity index (χ1n) is 6.45. The van der Waals surface area contributed by atoms with E-state index in [1.165, 1.54) is 6.92 Å². The predicted octanol–water partition coefficient (Wildman–Crippen LogP) is 1.00.